The van der Waals surface area contributed by atoms with Gasteiger partial charge in [-0.1, -0.05) is 13.8 Å². The first-order chi connectivity index (χ1) is 5.81. The van der Waals surface area contributed by atoms with Crippen molar-refractivity contribution in [1.82, 2.24) is 10.2 Å². The molecule has 2 aliphatic rings. The number of hydrogen-bond acceptors (Lipinski definition) is 2. The van der Waals surface area contributed by atoms with Gasteiger partial charge < -0.3 is 10.2 Å². The minimum atomic E-state index is 0.549. The minimum Gasteiger partial charge on any atom is -0.310 e. The standard InChI is InChI=1S/C8H16N2.C2H6/c1-10-6-2-3-8(7-10)4-5-9-8;1-2/h9H,2-7H2,1H3;1-2H3. The molecule has 2 heteroatoms. The Morgan fingerprint density at radius 1 is 1.25 bits per heavy atom. The molecule has 0 amide bonds. The lowest BCUT2D eigenvalue weighted by Gasteiger charge is -2.49. The smallest absolute Gasteiger partial charge is 0.0321 e. The Labute approximate surface area is 76.3 Å². The van der Waals surface area contributed by atoms with E-state index in [9.17, 15) is 0 Å². The molecule has 1 unspecified atom stereocenters. The fourth-order valence-electron chi connectivity index (χ4n) is 2.19. The molecule has 2 heterocycles. The van der Waals surface area contributed by atoms with E-state index < -0.39 is 0 Å². The van der Waals surface area contributed by atoms with E-state index in [1.165, 1.54) is 38.9 Å². The summed E-state index contributed by atoms with van der Waals surface area (Å²) in [6.45, 7) is 7.81. The van der Waals surface area contributed by atoms with Crippen LogP contribution in [0.2, 0.25) is 0 Å². The number of likely N-dealkylation sites (tertiary alicyclic amines) is 1. The van der Waals surface area contributed by atoms with Gasteiger partial charge in [0, 0.05) is 12.1 Å². The molecule has 0 aliphatic carbocycles. The zero-order chi connectivity index (χ0) is 9.03. The van der Waals surface area contributed by atoms with Gasteiger partial charge in [0.05, 0.1) is 0 Å². The Kier molecular flexibility index (Phi) is 3.53. The average molecular weight is 170 g/mol. The van der Waals surface area contributed by atoms with E-state index in [2.05, 4.69) is 17.3 Å². The van der Waals surface area contributed by atoms with Crippen LogP contribution in [0, 0.1) is 0 Å². The average Bonchev–Trinajstić information content (AvgIpc) is 2.06. The second-order valence-corrected chi connectivity index (χ2v) is 3.80. The Morgan fingerprint density at radius 3 is 2.25 bits per heavy atom. The van der Waals surface area contributed by atoms with Gasteiger partial charge in [-0.05, 0) is 39.4 Å². The first kappa shape index (κ1) is 10.0. The zero-order valence-corrected chi connectivity index (χ0v) is 8.69. The molecule has 1 spiro atoms. The van der Waals surface area contributed by atoms with Crippen molar-refractivity contribution in [1.29, 1.82) is 0 Å². The van der Waals surface area contributed by atoms with Crippen molar-refractivity contribution in [3.63, 3.8) is 0 Å². The summed E-state index contributed by atoms with van der Waals surface area (Å²) in [7, 11) is 2.22. The predicted octanol–water partition coefficient (Wildman–Crippen LogP) is 1.47. The number of nitrogens with zero attached hydrogens (tertiary/aromatic N) is 1. The SMILES string of the molecule is CC.CN1CCCC2(CCN2)C1. The largest absolute Gasteiger partial charge is 0.310 e. The molecule has 1 N–H and O–H groups in total. The number of piperidine rings is 1. The molecule has 0 saturated carbocycles. The van der Waals surface area contributed by atoms with Gasteiger partial charge in [-0.25, -0.2) is 0 Å². The molecule has 0 radical (unpaired) electrons. The molecule has 72 valence electrons. The maximum absolute atomic E-state index is 3.55. The van der Waals surface area contributed by atoms with E-state index >= 15 is 0 Å². The summed E-state index contributed by atoms with van der Waals surface area (Å²) in [4.78, 5) is 2.44. The normalized spacial score (nSPS) is 35.2. The Hall–Kier alpha value is -0.0800. The van der Waals surface area contributed by atoms with Gasteiger partial charge in [-0.3, -0.25) is 0 Å². The van der Waals surface area contributed by atoms with Crippen LogP contribution in [0.1, 0.15) is 33.1 Å². The van der Waals surface area contributed by atoms with E-state index in [4.69, 9.17) is 0 Å². The first-order valence-corrected chi connectivity index (χ1v) is 5.24. The molecule has 2 rings (SSSR count). The molecule has 12 heavy (non-hydrogen) atoms. The number of rotatable bonds is 0. The third-order valence-corrected chi connectivity index (χ3v) is 2.87. The van der Waals surface area contributed by atoms with Gasteiger partial charge in [0.15, 0.2) is 0 Å². The van der Waals surface area contributed by atoms with E-state index in [1.54, 1.807) is 0 Å². The molecule has 0 aromatic rings. The van der Waals surface area contributed by atoms with Gasteiger partial charge in [-0.15, -0.1) is 0 Å². The van der Waals surface area contributed by atoms with Crippen LogP contribution in [0.25, 0.3) is 0 Å². The van der Waals surface area contributed by atoms with Crippen molar-refractivity contribution in [2.45, 2.75) is 38.6 Å². The van der Waals surface area contributed by atoms with Gasteiger partial charge in [0.2, 0.25) is 0 Å². The Morgan fingerprint density at radius 2 is 1.92 bits per heavy atom. The summed E-state index contributed by atoms with van der Waals surface area (Å²) in [5.74, 6) is 0. The van der Waals surface area contributed by atoms with Crippen molar-refractivity contribution in [3.05, 3.63) is 0 Å². The molecule has 2 saturated heterocycles. The number of likely N-dealkylation sites (N-methyl/N-ethyl adjacent to an activating group) is 1. The molecule has 0 aromatic heterocycles. The topological polar surface area (TPSA) is 15.3 Å². The van der Waals surface area contributed by atoms with Crippen molar-refractivity contribution < 1.29 is 0 Å². The summed E-state index contributed by atoms with van der Waals surface area (Å²) in [5, 5.41) is 3.55. The van der Waals surface area contributed by atoms with Crippen molar-refractivity contribution >= 4 is 0 Å². The van der Waals surface area contributed by atoms with Crippen LogP contribution in [-0.2, 0) is 0 Å². The summed E-state index contributed by atoms with van der Waals surface area (Å²) in [5.41, 5.74) is 0.549. The number of nitrogens with one attached hydrogen (secondary N) is 1. The molecule has 0 aromatic carbocycles. The van der Waals surface area contributed by atoms with Gasteiger partial charge in [0.25, 0.3) is 0 Å². The summed E-state index contributed by atoms with van der Waals surface area (Å²) < 4.78 is 0. The highest BCUT2D eigenvalue weighted by Gasteiger charge is 2.38. The molecule has 0 bridgehead atoms. The van der Waals surface area contributed by atoms with Crippen LogP contribution >= 0.6 is 0 Å². The lowest BCUT2D eigenvalue weighted by atomic mass is 9.80. The van der Waals surface area contributed by atoms with Crippen LogP contribution in [0.15, 0.2) is 0 Å². The quantitative estimate of drug-likeness (QED) is 0.592. The third kappa shape index (κ3) is 1.99. The fraction of sp³-hybridized carbons (Fsp3) is 1.00. The number of hydrogen-bond donors (Lipinski definition) is 1. The summed E-state index contributed by atoms with van der Waals surface area (Å²) in [6, 6.07) is 0. The van der Waals surface area contributed by atoms with Crippen LogP contribution in [0.5, 0.6) is 0 Å². The van der Waals surface area contributed by atoms with Crippen LogP contribution < -0.4 is 5.32 Å². The second-order valence-electron chi connectivity index (χ2n) is 3.80. The van der Waals surface area contributed by atoms with Crippen molar-refractivity contribution in [3.8, 4) is 0 Å². The minimum absolute atomic E-state index is 0.549. The molecular weight excluding hydrogens is 148 g/mol. The lowest BCUT2D eigenvalue weighted by molar-refractivity contribution is 0.0877. The fourth-order valence-corrected chi connectivity index (χ4v) is 2.19. The lowest BCUT2D eigenvalue weighted by Crippen LogP contribution is -2.64. The van der Waals surface area contributed by atoms with E-state index in [1.807, 2.05) is 13.8 Å². The highest BCUT2D eigenvalue weighted by atomic mass is 15.2. The second kappa shape index (κ2) is 4.24. The van der Waals surface area contributed by atoms with Crippen molar-refractivity contribution in [2.24, 2.45) is 0 Å². The predicted molar refractivity (Wildman–Crippen MR) is 53.4 cm³/mol. The molecule has 2 nitrogen and oxygen atoms in total. The van der Waals surface area contributed by atoms with Crippen LogP contribution in [0.3, 0.4) is 0 Å². The maximum atomic E-state index is 3.55. The van der Waals surface area contributed by atoms with Gasteiger partial charge >= 0.3 is 0 Å². The van der Waals surface area contributed by atoms with Gasteiger partial charge in [-0.2, -0.15) is 0 Å². The van der Waals surface area contributed by atoms with E-state index in [0.717, 1.165) is 0 Å². The van der Waals surface area contributed by atoms with Crippen LogP contribution in [-0.4, -0.2) is 37.1 Å². The maximum Gasteiger partial charge on any atom is 0.0321 e. The highest BCUT2D eigenvalue weighted by Crippen LogP contribution is 2.28. The highest BCUT2D eigenvalue weighted by molar-refractivity contribution is 5.00. The molecule has 1 atom stereocenters. The van der Waals surface area contributed by atoms with Gasteiger partial charge in [0.1, 0.15) is 0 Å². The first-order valence-electron chi connectivity index (χ1n) is 5.24. The molecule has 2 aliphatic heterocycles. The molecule has 2 fully saturated rings. The van der Waals surface area contributed by atoms with E-state index in [-0.39, 0.29) is 0 Å². The summed E-state index contributed by atoms with van der Waals surface area (Å²) in [6.07, 6.45) is 4.18. The Balaban J connectivity index is 0.000000336. The molecular formula is C10H22N2. The zero-order valence-electron chi connectivity index (χ0n) is 8.69. The Bertz CT molecular complexity index is 130. The summed E-state index contributed by atoms with van der Waals surface area (Å²) >= 11 is 0. The van der Waals surface area contributed by atoms with Crippen LogP contribution in [0.4, 0.5) is 0 Å². The monoisotopic (exact) mass is 170 g/mol. The van der Waals surface area contributed by atoms with E-state index in [0.29, 0.717) is 5.54 Å². The van der Waals surface area contributed by atoms with Crippen molar-refractivity contribution in [2.75, 3.05) is 26.7 Å². The third-order valence-electron chi connectivity index (χ3n) is 2.87.